The maximum absolute atomic E-state index is 11.5. The van der Waals surface area contributed by atoms with E-state index < -0.39 is 32.1 Å². The van der Waals surface area contributed by atoms with Gasteiger partial charge in [0.25, 0.3) is 0 Å². The van der Waals surface area contributed by atoms with E-state index in [0.717, 1.165) is 0 Å². The first-order valence-corrected chi connectivity index (χ1v) is 6.53. The summed E-state index contributed by atoms with van der Waals surface area (Å²) in [6.07, 6.45) is 0.372. The number of carbonyl (C=O) groups excluding carboxylic acids is 1. The average Bonchev–Trinajstić information content (AvgIpc) is 2.65. The van der Waals surface area contributed by atoms with E-state index in [-0.39, 0.29) is 6.16 Å². The van der Waals surface area contributed by atoms with E-state index in [1.54, 1.807) is 0 Å². The summed E-state index contributed by atoms with van der Waals surface area (Å²) in [7, 11) is -2.29. The Morgan fingerprint density at radius 1 is 1.47 bits per heavy atom. The lowest BCUT2D eigenvalue weighted by atomic mass is 10.2. The van der Waals surface area contributed by atoms with Gasteiger partial charge in [-0.3, -0.25) is 4.79 Å². The molecular formula is C8H14NO5P. The molecule has 2 N–H and O–H groups in total. The second-order valence-electron chi connectivity index (χ2n) is 3.46. The number of aliphatic hydroxyl groups is 1. The number of nitrogens with zero attached hydrogens (tertiary/aromatic N) is 1. The van der Waals surface area contributed by atoms with Crippen molar-refractivity contribution in [2.45, 2.75) is 18.9 Å². The van der Waals surface area contributed by atoms with Crippen molar-refractivity contribution in [2.24, 2.45) is 0 Å². The van der Waals surface area contributed by atoms with Gasteiger partial charge in [-0.05, 0) is 12.8 Å². The molecule has 0 aromatic heterocycles. The smallest absolute Gasteiger partial charge is 0.326 e. The van der Waals surface area contributed by atoms with Crippen LogP contribution < -0.4 is 0 Å². The number of amides is 1. The highest BCUT2D eigenvalue weighted by molar-refractivity contribution is 7.45. The number of carbonyl (C=O) groups is 2. The Morgan fingerprint density at radius 3 is 2.67 bits per heavy atom. The minimum atomic E-state index is -2.29. The van der Waals surface area contributed by atoms with E-state index >= 15 is 0 Å². The van der Waals surface area contributed by atoms with Crippen molar-refractivity contribution in [1.82, 2.24) is 4.90 Å². The fraction of sp³-hybridized carbons (Fsp3) is 0.750. The molecule has 1 aliphatic heterocycles. The van der Waals surface area contributed by atoms with Gasteiger partial charge in [0.2, 0.25) is 5.91 Å². The van der Waals surface area contributed by atoms with Crippen LogP contribution in [0.15, 0.2) is 0 Å². The molecular weight excluding hydrogens is 221 g/mol. The molecule has 7 heteroatoms. The van der Waals surface area contributed by atoms with Crippen LogP contribution >= 0.6 is 7.80 Å². The normalized spacial score (nSPS) is 22.7. The second kappa shape index (κ2) is 5.28. The Bertz CT molecular complexity index is 293. The summed E-state index contributed by atoms with van der Waals surface area (Å²) in [6, 6.07) is -0.786. The largest absolute Gasteiger partial charge is 0.480 e. The number of hydrogen-bond acceptors (Lipinski definition) is 4. The standard InChI is InChI=1S/C8H14NO5P/c10-5-15(14)4-7(11)9-3-1-2-6(9)8(12)13/h6,10,15H,1-5H2,(H,12,13)/t6-/m0/s1. The Hall–Kier alpha value is -0.870. The van der Waals surface area contributed by atoms with Gasteiger partial charge in [-0.1, -0.05) is 0 Å². The maximum Gasteiger partial charge on any atom is 0.326 e. The average molecular weight is 235 g/mol. The Labute approximate surface area is 87.7 Å². The molecule has 1 amide bonds. The minimum absolute atomic E-state index is 0.231. The monoisotopic (exact) mass is 235 g/mol. The Morgan fingerprint density at radius 2 is 2.13 bits per heavy atom. The minimum Gasteiger partial charge on any atom is -0.480 e. The van der Waals surface area contributed by atoms with E-state index in [1.807, 2.05) is 0 Å². The molecule has 0 spiro atoms. The number of aliphatic carboxylic acids is 1. The molecule has 2 atom stereocenters. The molecule has 0 aromatic rings. The van der Waals surface area contributed by atoms with E-state index in [9.17, 15) is 14.2 Å². The lowest BCUT2D eigenvalue weighted by Crippen LogP contribution is -2.41. The summed E-state index contributed by atoms with van der Waals surface area (Å²) >= 11 is 0. The van der Waals surface area contributed by atoms with Gasteiger partial charge in [-0.15, -0.1) is 0 Å². The summed E-state index contributed by atoms with van der Waals surface area (Å²) in [5.41, 5.74) is 0. The van der Waals surface area contributed by atoms with Crippen LogP contribution in [0, 0.1) is 0 Å². The van der Waals surface area contributed by atoms with Crippen molar-refractivity contribution in [2.75, 3.05) is 19.1 Å². The first-order valence-electron chi connectivity index (χ1n) is 4.71. The molecule has 6 nitrogen and oxygen atoms in total. The SMILES string of the molecule is O=C(O)[C@@H]1CCCN1C(=O)C[PH](=O)CO. The predicted octanol–water partition coefficient (Wildman–Crippen LogP) is -0.429. The van der Waals surface area contributed by atoms with Gasteiger partial charge in [-0.2, -0.15) is 0 Å². The third-order valence-corrected chi connectivity index (χ3v) is 3.43. The summed E-state index contributed by atoms with van der Waals surface area (Å²) < 4.78 is 11.0. The van der Waals surface area contributed by atoms with E-state index in [1.165, 1.54) is 4.90 Å². The van der Waals surface area contributed by atoms with Gasteiger partial charge in [0.05, 0.1) is 12.5 Å². The van der Waals surface area contributed by atoms with Crippen molar-refractivity contribution in [3.63, 3.8) is 0 Å². The first-order chi connectivity index (χ1) is 7.06. The molecule has 15 heavy (non-hydrogen) atoms. The number of carboxylic acids is 1. The van der Waals surface area contributed by atoms with Crippen molar-refractivity contribution >= 4 is 19.7 Å². The second-order valence-corrected chi connectivity index (χ2v) is 5.20. The van der Waals surface area contributed by atoms with Gasteiger partial charge < -0.3 is 19.7 Å². The third kappa shape index (κ3) is 3.04. The van der Waals surface area contributed by atoms with Crippen LogP contribution in [0.2, 0.25) is 0 Å². The highest BCUT2D eigenvalue weighted by atomic mass is 31.1. The number of likely N-dealkylation sites (tertiary alicyclic amines) is 1. The van der Waals surface area contributed by atoms with Gasteiger partial charge in [0.1, 0.15) is 13.8 Å². The summed E-state index contributed by atoms with van der Waals surface area (Å²) in [5.74, 6) is -1.46. The molecule has 1 fully saturated rings. The quantitative estimate of drug-likeness (QED) is 0.645. The molecule has 0 aliphatic carbocycles. The molecule has 0 radical (unpaired) electrons. The van der Waals surface area contributed by atoms with Crippen LogP contribution in [-0.2, 0) is 14.2 Å². The van der Waals surface area contributed by atoms with Crippen molar-refractivity contribution in [3.8, 4) is 0 Å². The molecule has 1 rings (SSSR count). The Kier molecular flexibility index (Phi) is 4.29. The molecule has 1 unspecified atom stereocenters. The van der Waals surface area contributed by atoms with Crippen LogP contribution in [0.1, 0.15) is 12.8 Å². The first kappa shape index (κ1) is 12.2. The van der Waals surface area contributed by atoms with Gasteiger partial charge >= 0.3 is 5.97 Å². The lowest BCUT2D eigenvalue weighted by molar-refractivity contribution is -0.147. The van der Waals surface area contributed by atoms with Gasteiger partial charge in [0.15, 0.2) is 0 Å². The van der Waals surface area contributed by atoms with Crippen LogP contribution in [-0.4, -0.2) is 52.1 Å². The number of aliphatic hydroxyl groups excluding tert-OH is 1. The van der Waals surface area contributed by atoms with Crippen LogP contribution in [0.4, 0.5) is 0 Å². The van der Waals surface area contributed by atoms with Crippen molar-refractivity contribution < 1.29 is 24.4 Å². The molecule has 1 saturated heterocycles. The molecule has 0 saturated carbocycles. The molecule has 1 aliphatic rings. The topological polar surface area (TPSA) is 94.9 Å². The number of rotatable bonds is 4. The van der Waals surface area contributed by atoms with Crippen molar-refractivity contribution in [1.29, 1.82) is 0 Å². The summed E-state index contributed by atoms with van der Waals surface area (Å²) in [4.78, 5) is 23.5. The Balaban J connectivity index is 2.58. The zero-order chi connectivity index (χ0) is 11.4. The third-order valence-electron chi connectivity index (χ3n) is 2.38. The zero-order valence-electron chi connectivity index (χ0n) is 8.18. The zero-order valence-corrected chi connectivity index (χ0v) is 9.18. The van der Waals surface area contributed by atoms with E-state index in [2.05, 4.69) is 0 Å². The summed E-state index contributed by atoms with van der Waals surface area (Å²) in [5, 5.41) is 17.4. The van der Waals surface area contributed by atoms with Crippen molar-refractivity contribution in [3.05, 3.63) is 0 Å². The highest BCUT2D eigenvalue weighted by Crippen LogP contribution is 2.23. The maximum atomic E-state index is 11.5. The highest BCUT2D eigenvalue weighted by Gasteiger charge is 2.33. The summed E-state index contributed by atoms with van der Waals surface area (Å²) in [6.45, 7) is 0.399. The molecule has 0 aromatic carbocycles. The lowest BCUT2D eigenvalue weighted by Gasteiger charge is -2.20. The fourth-order valence-corrected chi connectivity index (χ4v) is 2.30. The van der Waals surface area contributed by atoms with E-state index in [0.29, 0.717) is 19.4 Å². The molecule has 1 heterocycles. The van der Waals surface area contributed by atoms with Crippen LogP contribution in [0.25, 0.3) is 0 Å². The van der Waals surface area contributed by atoms with Crippen LogP contribution in [0.3, 0.4) is 0 Å². The molecule has 86 valence electrons. The fourth-order valence-electron chi connectivity index (χ4n) is 1.65. The predicted molar refractivity (Wildman–Crippen MR) is 53.3 cm³/mol. The molecule has 0 bridgehead atoms. The van der Waals surface area contributed by atoms with Gasteiger partial charge in [-0.25, -0.2) is 4.79 Å². The van der Waals surface area contributed by atoms with Gasteiger partial charge in [0, 0.05) is 6.54 Å². The number of hydrogen-bond donors (Lipinski definition) is 2. The van der Waals surface area contributed by atoms with E-state index in [4.69, 9.17) is 10.2 Å². The van der Waals surface area contributed by atoms with Crippen LogP contribution in [0.5, 0.6) is 0 Å². The number of carboxylic acid groups (broad SMARTS) is 1.